The van der Waals surface area contributed by atoms with Crippen LogP contribution in [-0.4, -0.2) is 24.0 Å². The number of nitrogens with zero attached hydrogens (tertiary/aromatic N) is 1. The Hall–Kier alpha value is -2.57. The van der Waals surface area contributed by atoms with Crippen LogP contribution in [0.25, 0.3) is 0 Å². The maximum atomic E-state index is 12.5. The van der Waals surface area contributed by atoms with Crippen LogP contribution in [0, 0.1) is 0 Å². The van der Waals surface area contributed by atoms with E-state index in [9.17, 15) is 4.79 Å². The molecule has 3 rings (SSSR count). The second-order valence-electron chi connectivity index (χ2n) is 5.40. The number of thiazole rings is 1. The van der Waals surface area contributed by atoms with Gasteiger partial charge in [0.2, 0.25) is 0 Å². The quantitative estimate of drug-likeness (QED) is 0.568. The van der Waals surface area contributed by atoms with Crippen molar-refractivity contribution >= 4 is 34.5 Å². The minimum Gasteiger partial charge on any atom is -0.492 e. The molecule has 0 radical (unpaired) electrons. The van der Waals surface area contributed by atoms with Crippen molar-refractivity contribution in [2.75, 3.05) is 18.5 Å². The molecule has 3 aromatic rings. The van der Waals surface area contributed by atoms with Crippen LogP contribution in [0.2, 0.25) is 4.47 Å². The lowest BCUT2D eigenvalue weighted by Crippen LogP contribution is -2.28. The van der Waals surface area contributed by atoms with Gasteiger partial charge >= 0.3 is 0 Å². The average molecular weight is 388 g/mol. The summed E-state index contributed by atoms with van der Waals surface area (Å²) < 4.78 is 6.09. The van der Waals surface area contributed by atoms with E-state index in [1.165, 1.54) is 11.3 Å². The standard InChI is InChI=1S/C19H18ClN3O2S/c20-19-23-13-15(26-19)12-22-17-9-5-4-8-16(17)18(24)21-10-11-25-14-6-2-1-3-7-14/h1-9,13,22H,10-12H2,(H,21,24). The van der Waals surface area contributed by atoms with Crippen LogP contribution in [0.15, 0.2) is 60.8 Å². The summed E-state index contributed by atoms with van der Waals surface area (Å²) in [4.78, 5) is 17.5. The molecule has 2 aromatic carbocycles. The molecule has 1 heterocycles. The Bertz CT molecular complexity index is 855. The number of amides is 1. The molecule has 0 aliphatic rings. The minimum absolute atomic E-state index is 0.146. The molecule has 0 fully saturated rings. The van der Waals surface area contributed by atoms with E-state index in [0.717, 1.165) is 16.3 Å². The second-order valence-corrected chi connectivity index (χ2v) is 7.09. The molecule has 0 bridgehead atoms. The Kier molecular flexibility index (Phi) is 6.46. The van der Waals surface area contributed by atoms with Crippen molar-refractivity contribution in [3.05, 3.63) is 75.7 Å². The number of nitrogens with one attached hydrogen (secondary N) is 2. The van der Waals surface area contributed by atoms with E-state index in [-0.39, 0.29) is 5.91 Å². The van der Waals surface area contributed by atoms with Gasteiger partial charge in [-0.15, -0.1) is 11.3 Å². The average Bonchev–Trinajstić information content (AvgIpc) is 3.10. The number of benzene rings is 2. The van der Waals surface area contributed by atoms with Gasteiger partial charge in [0.15, 0.2) is 4.47 Å². The first-order valence-electron chi connectivity index (χ1n) is 8.11. The summed E-state index contributed by atoms with van der Waals surface area (Å²) in [6.45, 7) is 1.39. The molecule has 2 N–H and O–H groups in total. The van der Waals surface area contributed by atoms with Gasteiger partial charge in [0, 0.05) is 16.8 Å². The number of anilines is 1. The van der Waals surface area contributed by atoms with E-state index in [1.54, 1.807) is 12.3 Å². The second kappa shape index (κ2) is 9.22. The topological polar surface area (TPSA) is 63.2 Å². The molecule has 1 amide bonds. The predicted octanol–water partition coefficient (Wildman–Crippen LogP) is 4.22. The zero-order valence-electron chi connectivity index (χ0n) is 13.9. The van der Waals surface area contributed by atoms with Crippen LogP contribution in [0.1, 0.15) is 15.2 Å². The lowest BCUT2D eigenvalue weighted by molar-refractivity contribution is 0.0948. The van der Waals surface area contributed by atoms with Crippen molar-refractivity contribution in [2.24, 2.45) is 0 Å². The summed E-state index contributed by atoms with van der Waals surface area (Å²) in [5, 5.41) is 6.14. The summed E-state index contributed by atoms with van der Waals surface area (Å²) in [5.74, 6) is 0.638. The SMILES string of the molecule is O=C(NCCOc1ccccc1)c1ccccc1NCc1cnc(Cl)s1. The monoisotopic (exact) mass is 387 g/mol. The number of para-hydroxylation sites is 2. The molecule has 0 aliphatic carbocycles. The Morgan fingerprint density at radius 3 is 2.65 bits per heavy atom. The van der Waals surface area contributed by atoms with Gasteiger partial charge in [-0.3, -0.25) is 4.79 Å². The van der Waals surface area contributed by atoms with Crippen LogP contribution in [0.4, 0.5) is 5.69 Å². The van der Waals surface area contributed by atoms with Gasteiger partial charge in [0.25, 0.3) is 5.91 Å². The largest absolute Gasteiger partial charge is 0.492 e. The Labute approximate surface area is 161 Å². The normalized spacial score (nSPS) is 10.3. The first-order chi connectivity index (χ1) is 12.7. The molecule has 0 saturated carbocycles. The lowest BCUT2D eigenvalue weighted by atomic mass is 10.1. The van der Waals surface area contributed by atoms with Crippen LogP contribution in [-0.2, 0) is 6.54 Å². The zero-order chi connectivity index (χ0) is 18.2. The maximum Gasteiger partial charge on any atom is 0.253 e. The summed E-state index contributed by atoms with van der Waals surface area (Å²) in [6.07, 6.45) is 1.73. The summed E-state index contributed by atoms with van der Waals surface area (Å²) in [6, 6.07) is 16.9. The van der Waals surface area contributed by atoms with Crippen LogP contribution >= 0.6 is 22.9 Å². The van der Waals surface area contributed by atoms with Gasteiger partial charge in [0.1, 0.15) is 12.4 Å². The number of aromatic nitrogens is 1. The third-order valence-corrected chi connectivity index (χ3v) is 4.66. The third-order valence-electron chi connectivity index (χ3n) is 3.55. The molecule has 26 heavy (non-hydrogen) atoms. The summed E-state index contributed by atoms with van der Waals surface area (Å²) in [5.41, 5.74) is 1.35. The van der Waals surface area contributed by atoms with E-state index in [1.807, 2.05) is 48.5 Å². The maximum absolute atomic E-state index is 12.5. The molecule has 0 aliphatic heterocycles. The fourth-order valence-electron chi connectivity index (χ4n) is 2.33. The van der Waals surface area contributed by atoms with Crippen LogP contribution in [0.5, 0.6) is 5.75 Å². The van der Waals surface area contributed by atoms with Gasteiger partial charge in [-0.05, 0) is 24.3 Å². The molecule has 0 saturated heterocycles. The highest BCUT2D eigenvalue weighted by Gasteiger charge is 2.11. The van der Waals surface area contributed by atoms with Crippen molar-refractivity contribution in [1.82, 2.24) is 10.3 Å². The molecular formula is C19H18ClN3O2S. The van der Waals surface area contributed by atoms with Gasteiger partial charge in [-0.2, -0.15) is 0 Å². The number of rotatable bonds is 8. The number of hydrogen-bond acceptors (Lipinski definition) is 5. The van der Waals surface area contributed by atoms with Crippen molar-refractivity contribution in [2.45, 2.75) is 6.54 Å². The number of halogens is 1. The molecule has 134 valence electrons. The Morgan fingerprint density at radius 2 is 1.88 bits per heavy atom. The first kappa shape index (κ1) is 18.2. The number of ether oxygens (including phenoxy) is 1. The van der Waals surface area contributed by atoms with Crippen LogP contribution in [0.3, 0.4) is 0 Å². The highest BCUT2D eigenvalue weighted by molar-refractivity contribution is 7.15. The van der Waals surface area contributed by atoms with E-state index >= 15 is 0 Å². The fourth-order valence-corrected chi connectivity index (χ4v) is 3.25. The predicted molar refractivity (Wildman–Crippen MR) is 105 cm³/mol. The molecule has 0 spiro atoms. The van der Waals surface area contributed by atoms with E-state index in [2.05, 4.69) is 15.6 Å². The molecule has 1 aromatic heterocycles. The van der Waals surface area contributed by atoms with Crippen molar-refractivity contribution in [1.29, 1.82) is 0 Å². The lowest BCUT2D eigenvalue weighted by Gasteiger charge is -2.12. The van der Waals surface area contributed by atoms with Gasteiger partial charge in [-0.1, -0.05) is 41.9 Å². The molecule has 0 unspecified atom stereocenters. The first-order valence-corrected chi connectivity index (χ1v) is 9.31. The highest BCUT2D eigenvalue weighted by Crippen LogP contribution is 2.21. The molecular weight excluding hydrogens is 370 g/mol. The third kappa shape index (κ3) is 5.21. The smallest absolute Gasteiger partial charge is 0.253 e. The van der Waals surface area contributed by atoms with E-state index in [4.69, 9.17) is 16.3 Å². The van der Waals surface area contributed by atoms with E-state index in [0.29, 0.717) is 29.7 Å². The Balaban J connectivity index is 1.52. The fraction of sp³-hybridized carbons (Fsp3) is 0.158. The summed E-state index contributed by atoms with van der Waals surface area (Å²) in [7, 11) is 0. The van der Waals surface area contributed by atoms with Crippen molar-refractivity contribution in [3.63, 3.8) is 0 Å². The van der Waals surface area contributed by atoms with Crippen molar-refractivity contribution < 1.29 is 9.53 Å². The zero-order valence-corrected chi connectivity index (χ0v) is 15.5. The minimum atomic E-state index is -0.146. The number of hydrogen-bond donors (Lipinski definition) is 2. The highest BCUT2D eigenvalue weighted by atomic mass is 35.5. The van der Waals surface area contributed by atoms with Crippen molar-refractivity contribution in [3.8, 4) is 5.75 Å². The van der Waals surface area contributed by atoms with Gasteiger partial charge in [-0.25, -0.2) is 4.98 Å². The van der Waals surface area contributed by atoms with E-state index < -0.39 is 0 Å². The number of carbonyl (C=O) groups is 1. The molecule has 7 heteroatoms. The Morgan fingerprint density at radius 1 is 1.12 bits per heavy atom. The summed E-state index contributed by atoms with van der Waals surface area (Å²) >= 11 is 7.25. The van der Waals surface area contributed by atoms with Crippen LogP contribution < -0.4 is 15.4 Å². The van der Waals surface area contributed by atoms with Gasteiger partial charge < -0.3 is 15.4 Å². The van der Waals surface area contributed by atoms with Gasteiger partial charge in [0.05, 0.1) is 18.7 Å². The molecule has 0 atom stereocenters. The number of carbonyl (C=O) groups excluding carboxylic acids is 1. The molecule has 5 nitrogen and oxygen atoms in total.